The monoisotopic (exact) mass is 491 g/mol. The van der Waals surface area contributed by atoms with Gasteiger partial charge in [0.15, 0.2) is 0 Å². The van der Waals surface area contributed by atoms with E-state index in [2.05, 4.69) is 20.4 Å². The summed E-state index contributed by atoms with van der Waals surface area (Å²) in [4.78, 5) is 18.6. The van der Waals surface area contributed by atoms with Gasteiger partial charge in [0, 0.05) is 18.6 Å². The van der Waals surface area contributed by atoms with Crippen molar-refractivity contribution >= 4 is 29.0 Å². The van der Waals surface area contributed by atoms with Gasteiger partial charge in [0.25, 0.3) is 5.78 Å². The number of fused-ring (bicyclic) bond motifs is 1. The zero-order valence-electron chi connectivity index (χ0n) is 17.5. The molecule has 0 fully saturated rings. The molecule has 2 aromatic heterocycles. The number of carbonyl (C=O) groups is 1. The van der Waals surface area contributed by atoms with E-state index in [4.69, 9.17) is 16.3 Å². The van der Waals surface area contributed by atoms with Gasteiger partial charge in [-0.2, -0.15) is 32.8 Å². The summed E-state index contributed by atoms with van der Waals surface area (Å²) in [7, 11) is 0. The number of benzene rings is 1. The van der Waals surface area contributed by atoms with Crippen LogP contribution < -0.4 is 10.1 Å². The molecule has 1 aromatic carbocycles. The maximum atomic E-state index is 15.0. The van der Waals surface area contributed by atoms with Crippen molar-refractivity contribution in [1.82, 2.24) is 19.6 Å². The fourth-order valence-electron chi connectivity index (χ4n) is 3.00. The number of unbranched alkanes of at least 4 members (excludes halogenated alkanes) is 1. The number of ether oxygens (including phenoxy) is 1. The lowest BCUT2D eigenvalue weighted by Crippen LogP contribution is -2.34. The van der Waals surface area contributed by atoms with E-state index in [9.17, 15) is 26.7 Å². The Morgan fingerprint density at radius 3 is 2.48 bits per heavy atom. The number of hydrogen-bond acceptors (Lipinski definition) is 6. The number of halogens is 6. The molecule has 2 heterocycles. The average Bonchev–Trinajstić information content (AvgIpc) is 3.16. The van der Waals surface area contributed by atoms with E-state index in [1.807, 2.05) is 0 Å². The molecule has 0 spiro atoms. The van der Waals surface area contributed by atoms with Gasteiger partial charge in [0.1, 0.15) is 46.5 Å². The number of aromatic nitrogens is 4. The molecule has 0 aliphatic rings. The predicted molar refractivity (Wildman–Crippen MR) is 110 cm³/mol. The number of anilines is 1. The molecule has 3 rings (SSSR count). The van der Waals surface area contributed by atoms with E-state index < -0.39 is 46.0 Å². The van der Waals surface area contributed by atoms with E-state index in [1.54, 1.807) is 0 Å². The SMILES string of the molecule is CC(=O)CCCCOc1cc(F)c(-c2c(Cl)nc3ncnn3c2N[C@@H](C)C(F)(F)F)c(F)c1. The minimum atomic E-state index is -4.67. The fraction of sp³-hybridized carbons (Fsp3) is 0.400. The molecular formula is C20H19ClF5N5O2. The number of alkyl halides is 3. The fourth-order valence-corrected chi connectivity index (χ4v) is 3.26. The van der Waals surface area contributed by atoms with Gasteiger partial charge in [-0.1, -0.05) is 11.6 Å². The Hall–Kier alpha value is -3.02. The molecule has 0 radical (unpaired) electrons. The van der Waals surface area contributed by atoms with Gasteiger partial charge in [-0.25, -0.2) is 8.78 Å². The topological polar surface area (TPSA) is 81.4 Å². The smallest absolute Gasteiger partial charge is 0.408 e. The maximum Gasteiger partial charge on any atom is 0.408 e. The second-order valence-electron chi connectivity index (χ2n) is 7.28. The first-order valence-corrected chi connectivity index (χ1v) is 10.2. The number of nitrogens with one attached hydrogen (secondary N) is 1. The van der Waals surface area contributed by atoms with E-state index in [0.717, 1.165) is 29.9 Å². The summed E-state index contributed by atoms with van der Waals surface area (Å²) in [6.45, 7) is 2.41. The summed E-state index contributed by atoms with van der Waals surface area (Å²) in [5, 5.41) is 5.48. The van der Waals surface area contributed by atoms with E-state index in [1.165, 1.54) is 6.92 Å². The molecule has 1 atom stereocenters. The first-order chi connectivity index (χ1) is 15.5. The summed E-state index contributed by atoms with van der Waals surface area (Å²) in [5.74, 6) is -2.94. The Bertz CT molecular complexity index is 1140. The Balaban J connectivity index is 1.99. The molecule has 1 N–H and O–H groups in total. The molecule has 0 saturated carbocycles. The number of rotatable bonds is 9. The highest BCUT2D eigenvalue weighted by Crippen LogP contribution is 2.39. The van der Waals surface area contributed by atoms with Gasteiger partial charge in [-0.15, -0.1) is 0 Å². The maximum absolute atomic E-state index is 15.0. The number of ketones is 1. The largest absolute Gasteiger partial charge is 0.493 e. The molecule has 3 aromatic rings. The van der Waals surface area contributed by atoms with E-state index in [0.29, 0.717) is 19.3 Å². The van der Waals surface area contributed by atoms with Crippen molar-refractivity contribution in [3.63, 3.8) is 0 Å². The quantitative estimate of drug-likeness (QED) is 0.251. The Kier molecular flexibility index (Phi) is 7.35. The Labute approximate surface area is 189 Å². The third kappa shape index (κ3) is 5.67. The van der Waals surface area contributed by atoms with Crippen molar-refractivity contribution in [1.29, 1.82) is 0 Å². The number of hydrogen-bond donors (Lipinski definition) is 1. The molecule has 178 valence electrons. The zero-order chi connectivity index (χ0) is 24.3. The van der Waals surface area contributed by atoms with Crippen molar-refractivity contribution in [2.24, 2.45) is 0 Å². The van der Waals surface area contributed by atoms with Gasteiger partial charge in [-0.3, -0.25) is 0 Å². The highest BCUT2D eigenvalue weighted by molar-refractivity contribution is 6.33. The summed E-state index contributed by atoms with van der Waals surface area (Å²) in [6, 6.07) is -0.324. The van der Waals surface area contributed by atoms with Crippen LogP contribution in [0.15, 0.2) is 18.5 Å². The van der Waals surface area contributed by atoms with Gasteiger partial charge in [-0.05, 0) is 26.7 Å². The van der Waals surface area contributed by atoms with E-state index in [-0.39, 0.29) is 23.9 Å². The molecule has 0 bridgehead atoms. The number of carbonyl (C=O) groups excluding carboxylic acids is 1. The van der Waals surface area contributed by atoms with Crippen LogP contribution in [0, 0.1) is 11.6 Å². The number of nitrogens with zero attached hydrogens (tertiary/aromatic N) is 4. The van der Waals surface area contributed by atoms with Crippen LogP contribution in [0.3, 0.4) is 0 Å². The molecule has 13 heteroatoms. The van der Waals surface area contributed by atoms with Crippen LogP contribution in [0.1, 0.15) is 33.1 Å². The molecule has 0 aliphatic heterocycles. The van der Waals surface area contributed by atoms with Crippen LogP contribution in [0.2, 0.25) is 5.15 Å². The van der Waals surface area contributed by atoms with Crippen molar-refractivity contribution < 1.29 is 31.5 Å². The second-order valence-corrected chi connectivity index (χ2v) is 7.63. The van der Waals surface area contributed by atoms with Crippen LogP contribution in [0.5, 0.6) is 5.75 Å². The van der Waals surface area contributed by atoms with Crippen LogP contribution in [-0.2, 0) is 4.79 Å². The third-order valence-electron chi connectivity index (χ3n) is 4.68. The van der Waals surface area contributed by atoms with Crippen molar-refractivity contribution in [3.8, 4) is 16.9 Å². The minimum Gasteiger partial charge on any atom is -0.493 e. The third-order valence-corrected chi connectivity index (χ3v) is 4.96. The van der Waals surface area contributed by atoms with Crippen molar-refractivity contribution in [2.45, 2.75) is 45.3 Å². The summed E-state index contributed by atoms with van der Waals surface area (Å²) < 4.78 is 75.7. The standard InChI is InChI=1S/C20H19ClF5N5O2/c1-10(32)5-3-4-6-33-12-7-13(22)15(14(23)8-12)16-17(21)30-19-27-9-28-31(19)18(16)29-11(2)20(24,25)26/h7-9,11,29H,3-6H2,1-2H3/t11-/m0/s1. The van der Waals surface area contributed by atoms with Crippen LogP contribution in [-0.4, -0.2) is 44.2 Å². The molecule has 0 aliphatic carbocycles. The normalized spacial score (nSPS) is 12.7. The van der Waals surface area contributed by atoms with Crippen LogP contribution >= 0.6 is 11.6 Å². The second kappa shape index (κ2) is 9.86. The summed E-state index contributed by atoms with van der Waals surface area (Å²) in [6.07, 6.45) is -2.23. The molecule has 7 nitrogen and oxygen atoms in total. The Morgan fingerprint density at radius 2 is 1.88 bits per heavy atom. The van der Waals surface area contributed by atoms with Gasteiger partial charge < -0.3 is 14.8 Å². The minimum absolute atomic E-state index is 0.0236. The molecule has 0 amide bonds. The lowest BCUT2D eigenvalue weighted by molar-refractivity contribution is -0.138. The highest BCUT2D eigenvalue weighted by atomic mass is 35.5. The zero-order valence-corrected chi connectivity index (χ0v) is 18.3. The first-order valence-electron chi connectivity index (χ1n) is 9.83. The lowest BCUT2D eigenvalue weighted by Gasteiger charge is -2.21. The van der Waals surface area contributed by atoms with Gasteiger partial charge >= 0.3 is 6.18 Å². The summed E-state index contributed by atoms with van der Waals surface area (Å²) in [5.41, 5.74) is -1.15. The molecule has 33 heavy (non-hydrogen) atoms. The van der Waals surface area contributed by atoms with E-state index >= 15 is 0 Å². The summed E-state index contributed by atoms with van der Waals surface area (Å²) >= 11 is 6.12. The lowest BCUT2D eigenvalue weighted by atomic mass is 10.1. The molecule has 0 saturated heterocycles. The van der Waals surface area contributed by atoms with Crippen LogP contribution in [0.25, 0.3) is 16.9 Å². The molecule has 0 unspecified atom stereocenters. The average molecular weight is 492 g/mol. The first kappa shape index (κ1) is 24.6. The van der Waals surface area contributed by atoms with Gasteiger partial charge in [0.2, 0.25) is 0 Å². The van der Waals surface area contributed by atoms with Gasteiger partial charge in [0.05, 0.1) is 17.7 Å². The Morgan fingerprint density at radius 1 is 1.21 bits per heavy atom. The number of Topliss-reactive ketones (excluding diaryl/α,β-unsaturated/α-hetero) is 1. The van der Waals surface area contributed by atoms with Crippen molar-refractivity contribution in [3.05, 3.63) is 35.2 Å². The highest BCUT2D eigenvalue weighted by Gasteiger charge is 2.37. The van der Waals surface area contributed by atoms with Crippen molar-refractivity contribution in [2.75, 3.05) is 11.9 Å². The van der Waals surface area contributed by atoms with Crippen LogP contribution in [0.4, 0.5) is 27.8 Å². The predicted octanol–water partition coefficient (Wildman–Crippen LogP) is 5.22. The molecular weight excluding hydrogens is 473 g/mol.